The molecule has 1 saturated heterocycles. The third-order valence-electron chi connectivity index (χ3n) is 3.49. The Balaban J connectivity index is 2.54. The molecule has 0 saturated carbocycles. The molecule has 128 valence electrons. The fourth-order valence-electron chi connectivity index (χ4n) is 2.48. The van der Waals surface area contributed by atoms with Gasteiger partial charge >= 0.3 is 12.2 Å². The maximum atomic E-state index is 12.1. The average Bonchev–Trinajstić information content (AvgIpc) is 2.41. The van der Waals surface area contributed by atoms with Gasteiger partial charge in [-0.15, -0.1) is 0 Å². The van der Waals surface area contributed by atoms with Gasteiger partial charge in [0, 0.05) is 33.3 Å². The molecule has 7 heteroatoms. The van der Waals surface area contributed by atoms with Gasteiger partial charge < -0.3 is 24.4 Å². The molecule has 2 amide bonds. The molecule has 0 spiro atoms. The summed E-state index contributed by atoms with van der Waals surface area (Å²) < 4.78 is 10.3. The van der Waals surface area contributed by atoms with E-state index in [1.807, 2.05) is 20.8 Å². The molecule has 0 radical (unpaired) electrons. The minimum Gasteiger partial charge on any atom is -0.465 e. The highest BCUT2D eigenvalue weighted by Crippen LogP contribution is 2.20. The Labute approximate surface area is 132 Å². The Bertz CT molecular complexity index is 381. The molecule has 1 N–H and O–H groups in total. The van der Waals surface area contributed by atoms with E-state index >= 15 is 0 Å². The number of carbonyl (C=O) groups excluding carboxylic acids is 1. The number of amides is 2. The van der Waals surface area contributed by atoms with Crippen LogP contribution in [0.3, 0.4) is 0 Å². The number of likely N-dealkylation sites (tertiary alicyclic amines) is 1. The molecule has 0 aromatic rings. The third kappa shape index (κ3) is 6.51. The first-order valence-corrected chi connectivity index (χ1v) is 7.67. The van der Waals surface area contributed by atoms with Crippen LogP contribution in [0.2, 0.25) is 0 Å². The van der Waals surface area contributed by atoms with Crippen LogP contribution in [-0.4, -0.2) is 72.6 Å². The second-order valence-electron chi connectivity index (χ2n) is 6.66. The highest BCUT2D eigenvalue weighted by atomic mass is 16.6. The van der Waals surface area contributed by atoms with Crippen LogP contribution in [0.4, 0.5) is 9.59 Å². The van der Waals surface area contributed by atoms with Crippen molar-refractivity contribution in [3.05, 3.63) is 0 Å². The Morgan fingerprint density at radius 2 is 2.05 bits per heavy atom. The van der Waals surface area contributed by atoms with Crippen molar-refractivity contribution in [2.24, 2.45) is 5.92 Å². The summed E-state index contributed by atoms with van der Waals surface area (Å²) in [6.07, 6.45) is 0.500. The lowest BCUT2D eigenvalue weighted by atomic mass is 9.98. The first kappa shape index (κ1) is 18.5. The number of carbonyl (C=O) groups is 2. The van der Waals surface area contributed by atoms with Gasteiger partial charge in [-0.05, 0) is 39.5 Å². The van der Waals surface area contributed by atoms with E-state index in [1.54, 1.807) is 12.0 Å². The summed E-state index contributed by atoms with van der Waals surface area (Å²) in [5.41, 5.74) is -0.518. The monoisotopic (exact) mass is 316 g/mol. The average molecular weight is 316 g/mol. The lowest BCUT2D eigenvalue weighted by Crippen LogP contribution is -2.46. The summed E-state index contributed by atoms with van der Waals surface area (Å²) in [7, 11) is 1.55. The predicted molar refractivity (Wildman–Crippen MR) is 82.0 cm³/mol. The molecule has 7 nitrogen and oxygen atoms in total. The number of ether oxygens (including phenoxy) is 2. The van der Waals surface area contributed by atoms with Crippen molar-refractivity contribution in [3.63, 3.8) is 0 Å². The zero-order valence-corrected chi connectivity index (χ0v) is 14.0. The maximum Gasteiger partial charge on any atom is 0.410 e. The van der Waals surface area contributed by atoms with Crippen LogP contribution in [0.15, 0.2) is 0 Å². The molecule has 1 heterocycles. The van der Waals surface area contributed by atoms with Crippen LogP contribution in [0.5, 0.6) is 0 Å². The minimum absolute atomic E-state index is 0.134. The van der Waals surface area contributed by atoms with Gasteiger partial charge in [0.2, 0.25) is 0 Å². The van der Waals surface area contributed by atoms with Gasteiger partial charge in [0.05, 0.1) is 6.61 Å². The van der Waals surface area contributed by atoms with Crippen molar-refractivity contribution in [2.75, 3.05) is 39.9 Å². The first-order valence-electron chi connectivity index (χ1n) is 7.67. The summed E-state index contributed by atoms with van der Waals surface area (Å²) >= 11 is 0. The van der Waals surface area contributed by atoms with Crippen LogP contribution in [0.1, 0.15) is 33.6 Å². The fraction of sp³-hybridized carbons (Fsp3) is 0.867. The van der Waals surface area contributed by atoms with E-state index in [1.165, 1.54) is 4.90 Å². The number of hydrogen-bond acceptors (Lipinski definition) is 4. The number of carboxylic acid groups (broad SMARTS) is 1. The van der Waals surface area contributed by atoms with E-state index in [0.717, 1.165) is 12.8 Å². The van der Waals surface area contributed by atoms with Crippen LogP contribution < -0.4 is 0 Å². The first-order chi connectivity index (χ1) is 10.2. The Morgan fingerprint density at radius 1 is 1.36 bits per heavy atom. The summed E-state index contributed by atoms with van der Waals surface area (Å²) in [6.45, 7) is 7.83. The lowest BCUT2D eigenvalue weighted by molar-refractivity contribution is 0.0143. The van der Waals surface area contributed by atoms with Crippen LogP contribution in [0, 0.1) is 5.92 Å². The number of piperidine rings is 1. The quantitative estimate of drug-likeness (QED) is 0.841. The maximum absolute atomic E-state index is 12.1. The van der Waals surface area contributed by atoms with Crippen molar-refractivity contribution in [2.45, 2.75) is 39.2 Å². The van der Waals surface area contributed by atoms with Crippen molar-refractivity contribution < 1.29 is 24.2 Å². The number of nitrogens with zero attached hydrogens (tertiary/aromatic N) is 2. The molecular weight excluding hydrogens is 288 g/mol. The minimum atomic E-state index is -0.952. The van der Waals surface area contributed by atoms with E-state index < -0.39 is 11.7 Å². The molecule has 1 rings (SSSR count). The molecule has 0 aromatic heterocycles. The SMILES string of the molecule is COCCN(C[C@@H]1CCCN(C(=O)OC(C)(C)C)C1)C(=O)O. The predicted octanol–water partition coefficient (Wildman–Crippen LogP) is 2.26. The van der Waals surface area contributed by atoms with E-state index in [4.69, 9.17) is 9.47 Å². The van der Waals surface area contributed by atoms with Crippen molar-refractivity contribution in [1.82, 2.24) is 9.80 Å². The van der Waals surface area contributed by atoms with Crippen LogP contribution in [0.25, 0.3) is 0 Å². The molecule has 0 aromatic carbocycles. The van der Waals surface area contributed by atoms with Gasteiger partial charge in [0.25, 0.3) is 0 Å². The smallest absolute Gasteiger partial charge is 0.410 e. The summed E-state index contributed by atoms with van der Waals surface area (Å²) in [5, 5.41) is 9.22. The second kappa shape index (κ2) is 8.22. The van der Waals surface area contributed by atoms with Crippen LogP contribution >= 0.6 is 0 Å². The molecular formula is C15H28N2O5. The summed E-state index contributed by atoms with van der Waals surface area (Å²) in [4.78, 5) is 26.4. The molecule has 1 aliphatic rings. The molecule has 22 heavy (non-hydrogen) atoms. The highest BCUT2D eigenvalue weighted by Gasteiger charge is 2.29. The zero-order valence-electron chi connectivity index (χ0n) is 14.0. The number of rotatable bonds is 5. The van der Waals surface area contributed by atoms with Crippen molar-refractivity contribution in [3.8, 4) is 0 Å². The number of hydrogen-bond donors (Lipinski definition) is 1. The summed E-state index contributed by atoms with van der Waals surface area (Å²) in [6, 6.07) is 0. The van der Waals surface area contributed by atoms with Gasteiger partial charge in [0.15, 0.2) is 0 Å². The second-order valence-corrected chi connectivity index (χ2v) is 6.66. The van der Waals surface area contributed by atoms with E-state index in [-0.39, 0.29) is 12.0 Å². The molecule has 1 atom stereocenters. The van der Waals surface area contributed by atoms with Gasteiger partial charge in [-0.25, -0.2) is 9.59 Å². The zero-order chi connectivity index (χ0) is 16.8. The summed E-state index contributed by atoms with van der Waals surface area (Å²) in [5.74, 6) is 0.134. The van der Waals surface area contributed by atoms with Crippen molar-refractivity contribution in [1.29, 1.82) is 0 Å². The standard InChI is InChI=1S/C15H28N2O5/c1-15(2,3)22-14(20)17-7-5-6-12(11-17)10-16(13(18)19)8-9-21-4/h12H,5-11H2,1-4H3,(H,18,19)/t12-/m0/s1. The van der Waals surface area contributed by atoms with Gasteiger partial charge in [-0.3, -0.25) is 0 Å². The molecule has 0 bridgehead atoms. The Hall–Kier alpha value is -1.50. The third-order valence-corrected chi connectivity index (χ3v) is 3.49. The van der Waals surface area contributed by atoms with Gasteiger partial charge in [-0.1, -0.05) is 0 Å². The molecule has 1 aliphatic heterocycles. The van der Waals surface area contributed by atoms with E-state index in [2.05, 4.69) is 0 Å². The van der Waals surface area contributed by atoms with Crippen molar-refractivity contribution >= 4 is 12.2 Å². The lowest BCUT2D eigenvalue weighted by Gasteiger charge is -2.35. The fourth-order valence-corrected chi connectivity index (χ4v) is 2.48. The normalized spacial score (nSPS) is 18.9. The molecule has 0 unspecified atom stereocenters. The van der Waals surface area contributed by atoms with Gasteiger partial charge in [-0.2, -0.15) is 0 Å². The Kier molecular flexibility index (Phi) is 6.93. The number of methoxy groups -OCH3 is 1. The molecule has 0 aliphatic carbocycles. The Morgan fingerprint density at radius 3 is 2.59 bits per heavy atom. The topological polar surface area (TPSA) is 79.3 Å². The molecule has 1 fully saturated rings. The van der Waals surface area contributed by atoms with Crippen LogP contribution in [-0.2, 0) is 9.47 Å². The van der Waals surface area contributed by atoms with E-state index in [0.29, 0.717) is 32.8 Å². The highest BCUT2D eigenvalue weighted by molar-refractivity contribution is 5.68. The largest absolute Gasteiger partial charge is 0.465 e. The van der Waals surface area contributed by atoms with Gasteiger partial charge in [0.1, 0.15) is 5.60 Å². The van der Waals surface area contributed by atoms with E-state index in [9.17, 15) is 14.7 Å².